The van der Waals surface area contributed by atoms with Crippen LogP contribution in [-0.2, 0) is 4.79 Å². The molecular weight excluding hydrogens is 216 g/mol. The van der Waals surface area contributed by atoms with Crippen LogP contribution in [0.15, 0.2) is 0 Å². The van der Waals surface area contributed by atoms with Crippen LogP contribution >= 0.6 is 0 Å². The number of hydrogen-bond acceptors (Lipinski definition) is 3. The van der Waals surface area contributed by atoms with Gasteiger partial charge in [-0.25, -0.2) is 0 Å². The van der Waals surface area contributed by atoms with Gasteiger partial charge in [0.15, 0.2) is 0 Å². The van der Waals surface area contributed by atoms with Crippen molar-refractivity contribution < 1.29 is 9.90 Å². The molecule has 1 amide bonds. The van der Waals surface area contributed by atoms with Crippen molar-refractivity contribution in [3.8, 4) is 11.8 Å². The molecular formula is C13H20N2O2. The van der Waals surface area contributed by atoms with E-state index in [2.05, 4.69) is 16.7 Å². The predicted molar refractivity (Wildman–Crippen MR) is 65.3 cm³/mol. The van der Waals surface area contributed by atoms with Gasteiger partial charge in [0.25, 0.3) is 0 Å². The van der Waals surface area contributed by atoms with Gasteiger partial charge in [-0.05, 0) is 25.8 Å². The Hall–Kier alpha value is -1.05. The highest BCUT2D eigenvalue weighted by Gasteiger charge is 2.22. The van der Waals surface area contributed by atoms with E-state index in [1.165, 1.54) is 0 Å². The van der Waals surface area contributed by atoms with Gasteiger partial charge >= 0.3 is 0 Å². The molecule has 17 heavy (non-hydrogen) atoms. The molecule has 2 rings (SSSR count). The lowest BCUT2D eigenvalue weighted by Crippen LogP contribution is -2.32. The summed E-state index contributed by atoms with van der Waals surface area (Å²) in [4.78, 5) is 15.4. The summed E-state index contributed by atoms with van der Waals surface area (Å²) in [6, 6.07) is 0.290. The lowest BCUT2D eigenvalue weighted by Gasteiger charge is -2.19. The van der Waals surface area contributed by atoms with Gasteiger partial charge in [0.1, 0.15) is 0 Å². The van der Waals surface area contributed by atoms with Gasteiger partial charge in [0, 0.05) is 19.0 Å². The first-order chi connectivity index (χ1) is 8.31. The van der Waals surface area contributed by atoms with E-state index in [-0.39, 0.29) is 18.6 Å². The van der Waals surface area contributed by atoms with Crippen molar-refractivity contribution in [1.29, 1.82) is 0 Å². The smallest absolute Gasteiger partial charge is 0.223 e. The van der Waals surface area contributed by atoms with Crippen molar-refractivity contribution >= 4 is 5.91 Å². The Kier molecular flexibility index (Phi) is 4.41. The molecule has 2 heterocycles. The van der Waals surface area contributed by atoms with Crippen molar-refractivity contribution in [3.05, 3.63) is 0 Å². The van der Waals surface area contributed by atoms with Crippen molar-refractivity contribution in [1.82, 2.24) is 9.80 Å². The third kappa shape index (κ3) is 3.21. The zero-order valence-corrected chi connectivity index (χ0v) is 10.2. The highest BCUT2D eigenvalue weighted by atomic mass is 16.3. The van der Waals surface area contributed by atoms with Gasteiger partial charge in [-0.1, -0.05) is 11.8 Å². The fraction of sp³-hybridized carbons (Fsp3) is 0.769. The summed E-state index contributed by atoms with van der Waals surface area (Å²) in [5.74, 6) is 6.40. The van der Waals surface area contributed by atoms with Crippen molar-refractivity contribution in [3.63, 3.8) is 0 Å². The van der Waals surface area contributed by atoms with E-state index in [4.69, 9.17) is 5.11 Å². The molecule has 4 heteroatoms. The summed E-state index contributed by atoms with van der Waals surface area (Å²) in [5, 5.41) is 9.16. The molecule has 2 saturated heterocycles. The highest BCUT2D eigenvalue weighted by Crippen LogP contribution is 2.15. The summed E-state index contributed by atoms with van der Waals surface area (Å²) in [7, 11) is 0. The first-order valence-electron chi connectivity index (χ1n) is 6.39. The van der Waals surface area contributed by atoms with Gasteiger partial charge in [-0.3, -0.25) is 9.69 Å². The summed E-state index contributed by atoms with van der Waals surface area (Å²) in [6.45, 7) is 3.40. The quantitative estimate of drug-likeness (QED) is 0.705. The topological polar surface area (TPSA) is 43.8 Å². The zero-order valence-electron chi connectivity index (χ0n) is 10.2. The molecule has 2 aliphatic rings. The largest absolute Gasteiger partial charge is 0.395 e. The van der Waals surface area contributed by atoms with Crippen LogP contribution in [0.4, 0.5) is 0 Å². The molecule has 2 aliphatic heterocycles. The molecule has 0 bridgehead atoms. The summed E-state index contributed by atoms with van der Waals surface area (Å²) < 4.78 is 0. The second-order valence-corrected chi connectivity index (χ2v) is 4.72. The van der Waals surface area contributed by atoms with Crippen LogP contribution in [0.3, 0.4) is 0 Å². The van der Waals surface area contributed by atoms with Crippen molar-refractivity contribution in [2.24, 2.45) is 0 Å². The van der Waals surface area contributed by atoms with Gasteiger partial charge in [0.05, 0.1) is 19.7 Å². The van der Waals surface area contributed by atoms with Crippen LogP contribution in [0, 0.1) is 11.8 Å². The van der Waals surface area contributed by atoms with Gasteiger partial charge < -0.3 is 10.0 Å². The number of aliphatic hydroxyl groups excluding tert-OH is 1. The van der Waals surface area contributed by atoms with E-state index in [1.54, 1.807) is 0 Å². The minimum atomic E-state index is 0.228. The SMILES string of the molecule is O=C1CCCN1CC#CCN1CCCC1CO. The molecule has 0 aliphatic carbocycles. The van der Waals surface area contributed by atoms with Gasteiger partial charge in [0.2, 0.25) is 5.91 Å². The van der Waals surface area contributed by atoms with Crippen molar-refractivity contribution in [2.45, 2.75) is 31.7 Å². The number of carbonyl (C=O) groups is 1. The van der Waals surface area contributed by atoms with Crippen molar-refractivity contribution in [2.75, 3.05) is 32.8 Å². The average Bonchev–Trinajstić information content (AvgIpc) is 2.93. The third-order valence-electron chi connectivity index (χ3n) is 3.56. The number of rotatable bonds is 3. The first kappa shape index (κ1) is 12.4. The lowest BCUT2D eigenvalue weighted by atomic mass is 10.2. The maximum absolute atomic E-state index is 11.3. The molecule has 0 aromatic heterocycles. The van der Waals surface area contributed by atoms with E-state index in [0.29, 0.717) is 19.5 Å². The predicted octanol–water partition coefficient (Wildman–Crippen LogP) is 0.0689. The number of aliphatic hydroxyl groups is 1. The molecule has 0 radical (unpaired) electrons. The maximum Gasteiger partial charge on any atom is 0.223 e. The molecule has 0 saturated carbocycles. The minimum Gasteiger partial charge on any atom is -0.395 e. The summed E-state index contributed by atoms with van der Waals surface area (Å²) in [5.41, 5.74) is 0. The van der Waals surface area contributed by atoms with E-state index in [9.17, 15) is 4.79 Å². The van der Waals surface area contributed by atoms with Crippen LogP contribution in [-0.4, -0.2) is 59.6 Å². The fourth-order valence-electron chi connectivity index (χ4n) is 2.49. The molecule has 0 aromatic rings. The van der Waals surface area contributed by atoms with Gasteiger partial charge in [-0.2, -0.15) is 0 Å². The monoisotopic (exact) mass is 236 g/mol. The Balaban J connectivity index is 1.72. The Labute approximate surface area is 103 Å². The van der Waals surface area contributed by atoms with E-state index >= 15 is 0 Å². The Morgan fingerprint density at radius 2 is 2.06 bits per heavy atom. The standard InChI is InChI=1S/C13H20N2O2/c16-11-12-5-3-9-14(12)7-1-2-8-15-10-4-6-13(15)17/h12,16H,3-11H2. The number of nitrogens with zero attached hydrogens (tertiary/aromatic N) is 2. The molecule has 0 spiro atoms. The second-order valence-electron chi connectivity index (χ2n) is 4.72. The normalized spacial score (nSPS) is 25.1. The van der Waals surface area contributed by atoms with E-state index in [0.717, 1.165) is 32.4 Å². The fourth-order valence-corrected chi connectivity index (χ4v) is 2.49. The number of amides is 1. The number of carbonyl (C=O) groups excluding carboxylic acids is 1. The maximum atomic E-state index is 11.3. The molecule has 1 N–H and O–H groups in total. The Morgan fingerprint density at radius 1 is 1.24 bits per heavy atom. The zero-order chi connectivity index (χ0) is 12.1. The average molecular weight is 236 g/mol. The Morgan fingerprint density at radius 3 is 2.76 bits per heavy atom. The Bertz CT molecular complexity index is 332. The van der Waals surface area contributed by atoms with E-state index < -0.39 is 0 Å². The summed E-state index contributed by atoms with van der Waals surface area (Å²) >= 11 is 0. The minimum absolute atomic E-state index is 0.228. The van der Waals surface area contributed by atoms with Crippen LogP contribution in [0.25, 0.3) is 0 Å². The number of likely N-dealkylation sites (tertiary alicyclic amines) is 2. The number of hydrogen-bond donors (Lipinski definition) is 1. The second kappa shape index (κ2) is 6.04. The van der Waals surface area contributed by atoms with E-state index in [1.807, 2.05) is 4.90 Å². The lowest BCUT2D eigenvalue weighted by molar-refractivity contribution is -0.127. The summed E-state index contributed by atoms with van der Waals surface area (Å²) in [6.07, 6.45) is 3.87. The van der Waals surface area contributed by atoms with Crippen LogP contribution < -0.4 is 0 Å². The molecule has 2 fully saturated rings. The first-order valence-corrected chi connectivity index (χ1v) is 6.39. The molecule has 0 aromatic carbocycles. The third-order valence-corrected chi connectivity index (χ3v) is 3.56. The van der Waals surface area contributed by atoms with Crippen LogP contribution in [0.2, 0.25) is 0 Å². The molecule has 1 atom stereocenters. The van der Waals surface area contributed by atoms with Crippen LogP contribution in [0.5, 0.6) is 0 Å². The van der Waals surface area contributed by atoms with Gasteiger partial charge in [-0.15, -0.1) is 0 Å². The molecule has 1 unspecified atom stereocenters. The molecule has 4 nitrogen and oxygen atoms in total. The van der Waals surface area contributed by atoms with Crippen LogP contribution in [0.1, 0.15) is 25.7 Å². The highest BCUT2D eigenvalue weighted by molar-refractivity contribution is 5.78. The molecule has 94 valence electrons.